The van der Waals surface area contributed by atoms with E-state index in [1.165, 1.54) is 30.3 Å². The van der Waals surface area contributed by atoms with E-state index in [1.54, 1.807) is 0 Å². The van der Waals surface area contributed by atoms with Gasteiger partial charge in [-0.05, 0) is 60.4 Å². The van der Waals surface area contributed by atoms with Crippen LogP contribution in [-0.4, -0.2) is 41.9 Å². The first-order valence-corrected chi connectivity index (χ1v) is 12.7. The predicted molar refractivity (Wildman–Crippen MR) is 143 cm³/mol. The third-order valence-electron chi connectivity index (χ3n) is 7.24. The Morgan fingerprint density at radius 2 is 1.32 bits per heavy atom. The summed E-state index contributed by atoms with van der Waals surface area (Å²) in [5.74, 6) is -0.679. The van der Waals surface area contributed by atoms with Gasteiger partial charge in [0.05, 0.1) is 11.6 Å². The highest BCUT2D eigenvalue weighted by Gasteiger charge is 2.24. The van der Waals surface area contributed by atoms with Crippen molar-refractivity contribution < 1.29 is 13.2 Å². The fourth-order valence-electron chi connectivity index (χ4n) is 5.14. The minimum absolute atomic E-state index is 0.0132. The van der Waals surface area contributed by atoms with Gasteiger partial charge in [-0.1, -0.05) is 30.3 Å². The molecule has 1 aromatic heterocycles. The van der Waals surface area contributed by atoms with Gasteiger partial charge in [0.15, 0.2) is 0 Å². The highest BCUT2D eigenvalue weighted by atomic mass is 19.1. The van der Waals surface area contributed by atoms with Crippen LogP contribution in [0.3, 0.4) is 0 Å². The Bertz CT molecular complexity index is 1420. The van der Waals surface area contributed by atoms with E-state index in [9.17, 15) is 13.2 Å². The van der Waals surface area contributed by atoms with Gasteiger partial charge >= 0.3 is 0 Å². The van der Waals surface area contributed by atoms with E-state index in [0.717, 1.165) is 48.6 Å². The van der Waals surface area contributed by atoms with Crippen molar-refractivity contribution in [2.45, 2.75) is 18.9 Å². The summed E-state index contributed by atoms with van der Waals surface area (Å²) in [4.78, 5) is 18.2. The van der Waals surface area contributed by atoms with Crippen LogP contribution in [0.4, 0.5) is 24.8 Å². The van der Waals surface area contributed by atoms with E-state index in [1.807, 2.05) is 48.8 Å². The van der Waals surface area contributed by atoms with E-state index in [-0.39, 0.29) is 17.4 Å². The fourth-order valence-corrected chi connectivity index (χ4v) is 5.14. The number of aliphatic imine (C=N–C) groups is 1. The molecule has 38 heavy (non-hydrogen) atoms. The minimum atomic E-state index is -0.571. The van der Waals surface area contributed by atoms with Gasteiger partial charge in [-0.2, -0.15) is 0 Å². The molecule has 1 atom stereocenters. The molecular weight excluding hydrogens is 487 g/mol. The number of aromatic nitrogens is 2. The topological polar surface area (TPSA) is 44.6 Å². The lowest BCUT2D eigenvalue weighted by molar-refractivity contribution is 0.578. The number of nitrogens with zero attached hydrogens (tertiary/aromatic N) is 5. The summed E-state index contributed by atoms with van der Waals surface area (Å²) in [6, 6.07) is 18.4. The summed E-state index contributed by atoms with van der Waals surface area (Å²) in [6.45, 7) is 3.19. The number of benzene rings is 3. The first-order valence-electron chi connectivity index (χ1n) is 12.7. The van der Waals surface area contributed by atoms with Crippen molar-refractivity contribution in [3.8, 4) is 11.1 Å². The molecule has 5 nitrogen and oxygen atoms in total. The lowest BCUT2D eigenvalue weighted by Gasteiger charge is -2.36. The third kappa shape index (κ3) is 4.86. The van der Waals surface area contributed by atoms with E-state index >= 15 is 0 Å². The van der Waals surface area contributed by atoms with E-state index < -0.39 is 11.6 Å². The van der Waals surface area contributed by atoms with Gasteiger partial charge in [-0.15, -0.1) is 0 Å². The SMILES string of the molecule is Fc1ccc(N2CCN(c3ncc(-c4ccc(C5CCC(c6c(F)cccc6F)=N5)cc4)cn3)CC2)cc1. The number of anilines is 2. The van der Waals surface area contributed by atoms with Crippen molar-refractivity contribution in [3.63, 3.8) is 0 Å². The molecule has 1 fully saturated rings. The normalized spacial score (nSPS) is 17.6. The maximum absolute atomic E-state index is 14.2. The zero-order chi connectivity index (χ0) is 26.1. The number of hydrogen-bond donors (Lipinski definition) is 0. The molecule has 0 radical (unpaired) electrons. The van der Waals surface area contributed by atoms with Crippen LogP contribution in [0.2, 0.25) is 0 Å². The molecule has 0 N–H and O–H groups in total. The van der Waals surface area contributed by atoms with Crippen molar-refractivity contribution in [2.75, 3.05) is 36.0 Å². The van der Waals surface area contributed by atoms with E-state index in [4.69, 9.17) is 0 Å². The molecule has 1 saturated heterocycles. The molecule has 0 saturated carbocycles. The van der Waals surface area contributed by atoms with Gasteiger partial charge in [0, 0.05) is 55.5 Å². The van der Waals surface area contributed by atoms with Gasteiger partial charge in [0.2, 0.25) is 5.95 Å². The highest BCUT2D eigenvalue weighted by Crippen LogP contribution is 2.33. The van der Waals surface area contributed by atoms with Crippen molar-refractivity contribution in [1.82, 2.24) is 9.97 Å². The van der Waals surface area contributed by atoms with Crippen LogP contribution in [-0.2, 0) is 0 Å². The molecule has 0 spiro atoms. The lowest BCUT2D eigenvalue weighted by atomic mass is 10.0. The number of piperazine rings is 1. The Kier molecular flexibility index (Phi) is 6.54. The van der Waals surface area contributed by atoms with Gasteiger partial charge in [-0.3, -0.25) is 4.99 Å². The van der Waals surface area contributed by atoms with Crippen LogP contribution in [0, 0.1) is 17.5 Å². The molecule has 192 valence electrons. The van der Waals surface area contributed by atoms with Crippen LogP contribution in [0.5, 0.6) is 0 Å². The number of halogens is 3. The Labute approximate surface area is 219 Å². The molecule has 1 unspecified atom stereocenters. The zero-order valence-corrected chi connectivity index (χ0v) is 20.7. The number of rotatable bonds is 5. The molecule has 2 aliphatic heterocycles. The first kappa shape index (κ1) is 24.2. The molecule has 2 aliphatic rings. The Morgan fingerprint density at radius 3 is 1.97 bits per heavy atom. The van der Waals surface area contributed by atoms with Crippen molar-refractivity contribution >= 4 is 17.3 Å². The molecule has 3 heterocycles. The zero-order valence-electron chi connectivity index (χ0n) is 20.7. The Hall–Kier alpha value is -4.20. The molecule has 4 aromatic rings. The smallest absolute Gasteiger partial charge is 0.225 e. The monoisotopic (exact) mass is 513 g/mol. The fraction of sp³-hybridized carbons (Fsp3) is 0.233. The van der Waals surface area contributed by atoms with Crippen LogP contribution < -0.4 is 9.80 Å². The van der Waals surface area contributed by atoms with E-state index in [2.05, 4.69) is 24.8 Å². The summed E-state index contributed by atoms with van der Waals surface area (Å²) in [5, 5.41) is 0. The molecule has 0 bridgehead atoms. The van der Waals surface area contributed by atoms with Crippen molar-refractivity contribution in [2.24, 2.45) is 4.99 Å². The lowest BCUT2D eigenvalue weighted by Crippen LogP contribution is -2.47. The molecule has 6 rings (SSSR count). The minimum Gasteiger partial charge on any atom is -0.368 e. The van der Waals surface area contributed by atoms with Gasteiger partial charge in [0.25, 0.3) is 0 Å². The van der Waals surface area contributed by atoms with Crippen LogP contribution in [0.15, 0.2) is 84.1 Å². The maximum atomic E-state index is 14.2. The first-order chi connectivity index (χ1) is 18.5. The summed E-state index contributed by atoms with van der Waals surface area (Å²) >= 11 is 0. The molecule has 0 aliphatic carbocycles. The second-order valence-electron chi connectivity index (χ2n) is 9.57. The summed E-state index contributed by atoms with van der Waals surface area (Å²) in [7, 11) is 0. The Balaban J connectivity index is 1.10. The standard InChI is InChI=1S/C30H26F3N5/c31-23-8-10-24(11-9-23)37-14-16-38(17-15-37)30-34-18-22(19-35-30)20-4-6-21(7-5-20)27-12-13-28(36-27)29-25(32)2-1-3-26(29)33/h1-11,18-19,27H,12-17H2. The van der Waals surface area contributed by atoms with Crippen LogP contribution in [0.25, 0.3) is 11.1 Å². The average molecular weight is 514 g/mol. The quantitative estimate of drug-likeness (QED) is 0.318. The largest absolute Gasteiger partial charge is 0.368 e. The van der Waals surface area contributed by atoms with Gasteiger partial charge in [-0.25, -0.2) is 23.1 Å². The van der Waals surface area contributed by atoms with Gasteiger partial charge < -0.3 is 9.80 Å². The van der Waals surface area contributed by atoms with Gasteiger partial charge in [0.1, 0.15) is 17.5 Å². The second kappa shape index (κ2) is 10.3. The second-order valence-corrected chi connectivity index (χ2v) is 9.57. The highest BCUT2D eigenvalue weighted by molar-refractivity contribution is 6.02. The summed E-state index contributed by atoms with van der Waals surface area (Å²) < 4.78 is 41.5. The van der Waals surface area contributed by atoms with Crippen molar-refractivity contribution in [3.05, 3.63) is 108 Å². The Morgan fingerprint density at radius 1 is 0.684 bits per heavy atom. The number of hydrogen-bond acceptors (Lipinski definition) is 5. The van der Waals surface area contributed by atoms with Crippen LogP contribution in [0.1, 0.15) is 30.0 Å². The third-order valence-corrected chi connectivity index (χ3v) is 7.24. The predicted octanol–water partition coefficient (Wildman–Crippen LogP) is 6.21. The van der Waals surface area contributed by atoms with Crippen molar-refractivity contribution in [1.29, 1.82) is 0 Å². The molecule has 0 amide bonds. The summed E-state index contributed by atoms with van der Waals surface area (Å²) in [6.07, 6.45) is 4.92. The molecule has 3 aromatic carbocycles. The van der Waals surface area contributed by atoms with Crippen LogP contribution >= 0.6 is 0 Å². The average Bonchev–Trinajstić information content (AvgIpc) is 3.44. The summed E-state index contributed by atoms with van der Waals surface area (Å²) in [5.41, 5.74) is 4.40. The molecule has 8 heteroatoms. The maximum Gasteiger partial charge on any atom is 0.225 e. The van der Waals surface area contributed by atoms with E-state index in [0.29, 0.717) is 24.5 Å². The molecular formula is C30H26F3N5.